The van der Waals surface area contributed by atoms with E-state index in [-0.39, 0.29) is 16.4 Å². The molecule has 0 heterocycles. The van der Waals surface area contributed by atoms with Gasteiger partial charge in [0.2, 0.25) is 0 Å². The lowest BCUT2D eigenvalue weighted by Gasteiger charge is -2.28. The Labute approximate surface area is 104 Å². The zero-order valence-corrected chi connectivity index (χ0v) is 11.0. The fourth-order valence-electron chi connectivity index (χ4n) is 1.32. The molecule has 0 aliphatic heterocycles. The van der Waals surface area contributed by atoms with Crippen LogP contribution in [0.3, 0.4) is 0 Å². The molecule has 0 aromatic carbocycles. The highest BCUT2D eigenvalue weighted by atomic mass is 28.4. The first-order valence-electron chi connectivity index (χ1n) is 5.36. The van der Waals surface area contributed by atoms with Crippen molar-refractivity contribution in [2.75, 3.05) is 26.4 Å². The van der Waals surface area contributed by atoms with Gasteiger partial charge in [0.1, 0.15) is 0 Å². The maximum atomic E-state index is 5.65. The minimum absolute atomic E-state index is 0. The van der Waals surface area contributed by atoms with Crippen LogP contribution in [0.1, 0.15) is 27.2 Å². The van der Waals surface area contributed by atoms with Crippen LogP contribution in [0.2, 0.25) is 6.04 Å². The van der Waals surface area contributed by atoms with Crippen molar-refractivity contribution in [1.29, 1.82) is 0 Å². The van der Waals surface area contributed by atoms with Crippen LogP contribution in [0.5, 0.6) is 0 Å². The fraction of sp³-hybridized carbons (Fsp3) is 1.00. The molecule has 0 radical (unpaired) electrons. The first-order valence-corrected chi connectivity index (χ1v) is 7.29. The largest absolute Gasteiger partial charge is 0.500 e. The Balaban J connectivity index is -0.000000845. The Bertz CT molecular complexity index is 124. The van der Waals surface area contributed by atoms with Gasteiger partial charge in [-0.3, -0.25) is 0 Å². The van der Waals surface area contributed by atoms with Crippen molar-refractivity contribution in [3.63, 3.8) is 0 Å². The molecule has 7 heteroatoms. The van der Waals surface area contributed by atoms with Crippen molar-refractivity contribution < 1.29 is 18.8 Å². The van der Waals surface area contributed by atoms with Crippen LogP contribution in [0.4, 0.5) is 0 Å². The van der Waals surface area contributed by atoms with Gasteiger partial charge in [-0.05, 0) is 44.7 Å². The number of hydrogen-bond acceptors (Lipinski definition) is 4. The number of rotatable bonds is 9. The van der Waals surface area contributed by atoms with Crippen molar-refractivity contribution in [3.05, 3.63) is 0 Å². The third-order valence-electron chi connectivity index (χ3n) is 1.78. The monoisotopic (exact) mass is 271 g/mol. The van der Waals surface area contributed by atoms with Gasteiger partial charge in [0, 0.05) is 25.9 Å². The normalized spacial score (nSPS) is 10.5. The molecule has 4 N–H and O–H groups in total. The summed E-state index contributed by atoms with van der Waals surface area (Å²) in [4.78, 5) is 0. The minimum atomic E-state index is -2.40. The van der Waals surface area contributed by atoms with Crippen molar-refractivity contribution in [1.82, 2.24) is 0 Å². The van der Waals surface area contributed by atoms with Crippen LogP contribution >= 0.6 is 0 Å². The number of hydrogen-bond donors (Lipinski definition) is 1. The van der Waals surface area contributed by atoms with E-state index in [0.717, 1.165) is 12.5 Å². The van der Waals surface area contributed by atoms with Gasteiger partial charge in [-0.15, -0.1) is 0 Å². The molecule has 0 amide bonds. The van der Waals surface area contributed by atoms with Gasteiger partial charge >= 0.3 is 8.80 Å². The van der Waals surface area contributed by atoms with Crippen molar-refractivity contribution in [2.24, 2.45) is 5.73 Å². The SMILES string of the molecule is CCO[Si](CCCN)(OCC)OCC.O.[SiH4]. The fourth-order valence-corrected chi connectivity index (χ4v) is 3.96. The molecule has 0 saturated carbocycles. The molecule has 0 aliphatic rings. The van der Waals surface area contributed by atoms with Gasteiger partial charge in [-0.1, -0.05) is 0 Å². The van der Waals surface area contributed by atoms with E-state index < -0.39 is 8.80 Å². The Hall–Kier alpha value is 0.234. The lowest BCUT2D eigenvalue weighted by Crippen LogP contribution is -2.46. The molecular weight excluding hydrogens is 242 g/mol. The molecule has 0 atom stereocenters. The van der Waals surface area contributed by atoms with E-state index in [1.165, 1.54) is 0 Å². The summed E-state index contributed by atoms with van der Waals surface area (Å²) < 4.78 is 17.0. The second-order valence-electron chi connectivity index (χ2n) is 2.87. The van der Waals surface area contributed by atoms with E-state index >= 15 is 0 Å². The molecule has 0 rings (SSSR count). The summed E-state index contributed by atoms with van der Waals surface area (Å²) >= 11 is 0. The summed E-state index contributed by atoms with van der Waals surface area (Å²) in [6.07, 6.45) is 0.895. The van der Waals surface area contributed by atoms with E-state index in [4.69, 9.17) is 19.0 Å². The lowest BCUT2D eigenvalue weighted by atomic mass is 10.5. The quantitative estimate of drug-likeness (QED) is 0.551. The Morgan fingerprint density at radius 1 is 0.938 bits per heavy atom. The third kappa shape index (κ3) is 8.39. The predicted octanol–water partition coefficient (Wildman–Crippen LogP) is -0.893. The van der Waals surface area contributed by atoms with Crippen LogP contribution in [0.25, 0.3) is 0 Å². The van der Waals surface area contributed by atoms with Gasteiger partial charge < -0.3 is 24.5 Å². The third-order valence-corrected chi connectivity index (χ3v) is 4.93. The van der Waals surface area contributed by atoms with Crippen LogP contribution in [0, 0.1) is 0 Å². The van der Waals surface area contributed by atoms with Crippen LogP contribution in [-0.2, 0) is 13.3 Å². The van der Waals surface area contributed by atoms with E-state index in [1.54, 1.807) is 0 Å². The van der Waals surface area contributed by atoms with Crippen molar-refractivity contribution in [3.8, 4) is 0 Å². The lowest BCUT2D eigenvalue weighted by molar-refractivity contribution is 0.0710. The summed E-state index contributed by atoms with van der Waals surface area (Å²) in [7, 11) is -2.40. The van der Waals surface area contributed by atoms with Gasteiger partial charge in [0.05, 0.1) is 0 Å². The van der Waals surface area contributed by atoms with Crippen LogP contribution < -0.4 is 5.73 Å². The molecule has 0 fully saturated rings. The molecule has 0 aromatic rings. The molecule has 0 aromatic heterocycles. The summed E-state index contributed by atoms with van der Waals surface area (Å²) in [5, 5.41) is 0. The molecule has 0 aliphatic carbocycles. The summed E-state index contributed by atoms with van der Waals surface area (Å²) in [5.74, 6) is 0. The van der Waals surface area contributed by atoms with Crippen LogP contribution in [0.15, 0.2) is 0 Å². The minimum Gasteiger partial charge on any atom is -0.412 e. The Kier molecular flexibility index (Phi) is 17.9. The highest BCUT2D eigenvalue weighted by Crippen LogP contribution is 2.17. The average molecular weight is 272 g/mol. The Morgan fingerprint density at radius 3 is 1.56 bits per heavy atom. The molecule has 0 saturated heterocycles. The molecule has 0 unspecified atom stereocenters. The smallest absolute Gasteiger partial charge is 0.412 e. The zero-order chi connectivity index (χ0) is 10.9. The molecule has 16 heavy (non-hydrogen) atoms. The maximum Gasteiger partial charge on any atom is 0.500 e. The number of nitrogens with two attached hydrogens (primary N) is 1. The topological polar surface area (TPSA) is 85.2 Å². The van der Waals surface area contributed by atoms with Gasteiger partial charge in [0.15, 0.2) is 0 Å². The van der Waals surface area contributed by atoms with E-state index in [1.807, 2.05) is 20.8 Å². The highest BCUT2D eigenvalue weighted by Gasteiger charge is 2.39. The van der Waals surface area contributed by atoms with E-state index in [2.05, 4.69) is 0 Å². The molecular formula is C9H29NO4Si2. The second-order valence-corrected chi connectivity index (χ2v) is 5.61. The zero-order valence-electron chi connectivity index (χ0n) is 10.0. The van der Waals surface area contributed by atoms with Gasteiger partial charge in [-0.25, -0.2) is 0 Å². The first kappa shape index (κ1) is 21.5. The maximum absolute atomic E-state index is 5.65. The van der Waals surface area contributed by atoms with Gasteiger partial charge in [-0.2, -0.15) is 0 Å². The standard InChI is InChI=1S/C9H23NO3Si.H2O.H4Si/c1-4-11-14(12-5-2,13-6-3)9-7-8-10;;/h4-10H2,1-3H3;1H2;1H4. The molecule has 0 bridgehead atoms. The van der Waals surface area contributed by atoms with Crippen molar-refractivity contribution in [2.45, 2.75) is 33.2 Å². The van der Waals surface area contributed by atoms with Crippen LogP contribution in [-0.4, -0.2) is 51.6 Å². The average Bonchev–Trinajstić information content (AvgIpc) is 2.16. The predicted molar refractivity (Wildman–Crippen MR) is 74.1 cm³/mol. The van der Waals surface area contributed by atoms with E-state index in [0.29, 0.717) is 26.4 Å². The Morgan fingerprint density at radius 2 is 1.31 bits per heavy atom. The highest BCUT2D eigenvalue weighted by molar-refractivity contribution is 6.60. The summed E-state index contributed by atoms with van der Waals surface area (Å²) in [6.45, 7) is 8.44. The molecule has 0 spiro atoms. The second kappa shape index (κ2) is 13.3. The summed E-state index contributed by atoms with van der Waals surface area (Å²) in [5.41, 5.74) is 5.48. The molecule has 5 nitrogen and oxygen atoms in total. The summed E-state index contributed by atoms with van der Waals surface area (Å²) in [6, 6.07) is 0.818. The molecule has 102 valence electrons. The first-order chi connectivity index (χ1) is 6.74. The van der Waals surface area contributed by atoms with Crippen molar-refractivity contribution >= 4 is 19.8 Å². The van der Waals surface area contributed by atoms with Gasteiger partial charge in [0.25, 0.3) is 0 Å². The van der Waals surface area contributed by atoms with E-state index in [9.17, 15) is 0 Å².